The maximum absolute atomic E-state index is 5.56. The largest absolute Gasteiger partial charge is 0.468 e. The average Bonchev–Trinajstić information content (AvgIpc) is 3.04. The molecule has 20 heavy (non-hydrogen) atoms. The van der Waals surface area contributed by atoms with Crippen molar-refractivity contribution in [3.63, 3.8) is 0 Å². The molecule has 0 atom stereocenters. The molecule has 5 nitrogen and oxygen atoms in total. The standard InChI is InChI=1S/C14H21N3O2S/c1-14(2,3)12-16-17-13(19-12)15-7-5-9-20-10-11-6-4-8-18-11/h4,6,8H,5,7,9-10H2,1-3H3,(H,15,17). The molecule has 0 bridgehead atoms. The zero-order valence-corrected chi connectivity index (χ0v) is 13.0. The summed E-state index contributed by atoms with van der Waals surface area (Å²) in [4.78, 5) is 0. The van der Waals surface area contributed by atoms with Crippen LogP contribution in [-0.4, -0.2) is 22.5 Å². The Hall–Kier alpha value is -1.43. The number of nitrogens with zero attached hydrogens (tertiary/aromatic N) is 2. The molecule has 0 fully saturated rings. The van der Waals surface area contributed by atoms with Gasteiger partial charge in [-0.05, 0) is 24.3 Å². The zero-order chi connectivity index (χ0) is 14.4. The number of furan rings is 1. The minimum Gasteiger partial charge on any atom is -0.468 e. The van der Waals surface area contributed by atoms with E-state index in [9.17, 15) is 0 Å². The molecular weight excluding hydrogens is 274 g/mol. The lowest BCUT2D eigenvalue weighted by Gasteiger charge is -2.10. The Morgan fingerprint density at radius 1 is 1.30 bits per heavy atom. The van der Waals surface area contributed by atoms with Crippen LogP contribution >= 0.6 is 11.8 Å². The Kier molecular flexibility index (Phi) is 5.11. The van der Waals surface area contributed by atoms with E-state index >= 15 is 0 Å². The summed E-state index contributed by atoms with van der Waals surface area (Å²) in [7, 11) is 0. The van der Waals surface area contributed by atoms with Crippen molar-refractivity contribution in [2.24, 2.45) is 0 Å². The van der Waals surface area contributed by atoms with Gasteiger partial charge in [0.25, 0.3) is 0 Å². The fourth-order valence-electron chi connectivity index (χ4n) is 1.53. The number of nitrogens with one attached hydrogen (secondary N) is 1. The Bertz CT molecular complexity index is 503. The molecule has 0 saturated carbocycles. The minimum absolute atomic E-state index is 0.105. The van der Waals surface area contributed by atoms with Crippen molar-refractivity contribution in [3.8, 4) is 0 Å². The average molecular weight is 295 g/mol. The maximum atomic E-state index is 5.56. The van der Waals surface area contributed by atoms with Crippen LogP contribution in [0.1, 0.15) is 38.8 Å². The molecule has 0 saturated heterocycles. The second-order valence-electron chi connectivity index (χ2n) is 5.57. The molecule has 0 spiro atoms. The SMILES string of the molecule is CC(C)(C)c1nnc(NCCCSCc2ccco2)o1. The van der Waals surface area contributed by atoms with E-state index < -0.39 is 0 Å². The fraction of sp³-hybridized carbons (Fsp3) is 0.571. The highest BCUT2D eigenvalue weighted by Gasteiger charge is 2.21. The van der Waals surface area contributed by atoms with Gasteiger partial charge >= 0.3 is 6.01 Å². The van der Waals surface area contributed by atoms with Gasteiger partial charge in [0.05, 0.1) is 12.0 Å². The van der Waals surface area contributed by atoms with E-state index in [2.05, 4.69) is 36.3 Å². The quantitative estimate of drug-likeness (QED) is 0.786. The van der Waals surface area contributed by atoms with Crippen LogP contribution in [0.2, 0.25) is 0 Å². The topological polar surface area (TPSA) is 64.1 Å². The van der Waals surface area contributed by atoms with E-state index in [0.29, 0.717) is 11.9 Å². The Labute approximate surface area is 123 Å². The van der Waals surface area contributed by atoms with Crippen LogP contribution in [-0.2, 0) is 11.2 Å². The van der Waals surface area contributed by atoms with E-state index in [1.807, 2.05) is 23.9 Å². The minimum atomic E-state index is -0.105. The summed E-state index contributed by atoms with van der Waals surface area (Å²) in [5.41, 5.74) is -0.105. The summed E-state index contributed by atoms with van der Waals surface area (Å²) in [5, 5.41) is 11.2. The smallest absolute Gasteiger partial charge is 0.315 e. The summed E-state index contributed by atoms with van der Waals surface area (Å²) in [6.07, 6.45) is 2.75. The third-order valence-electron chi connectivity index (χ3n) is 2.63. The molecule has 2 heterocycles. The van der Waals surface area contributed by atoms with Gasteiger partial charge in [0.1, 0.15) is 5.76 Å². The van der Waals surface area contributed by atoms with Crippen molar-refractivity contribution >= 4 is 17.8 Å². The fourth-order valence-corrected chi connectivity index (χ4v) is 2.39. The molecule has 0 radical (unpaired) electrons. The number of rotatable bonds is 7. The van der Waals surface area contributed by atoms with Crippen LogP contribution < -0.4 is 5.32 Å². The van der Waals surface area contributed by atoms with Crippen molar-refractivity contribution in [1.82, 2.24) is 10.2 Å². The lowest BCUT2D eigenvalue weighted by atomic mass is 9.97. The highest BCUT2D eigenvalue weighted by atomic mass is 32.2. The molecular formula is C14H21N3O2S. The lowest BCUT2D eigenvalue weighted by Crippen LogP contribution is -2.11. The highest BCUT2D eigenvalue weighted by Crippen LogP contribution is 2.21. The van der Waals surface area contributed by atoms with E-state index in [4.69, 9.17) is 8.83 Å². The van der Waals surface area contributed by atoms with E-state index in [-0.39, 0.29) is 5.41 Å². The summed E-state index contributed by atoms with van der Waals surface area (Å²) in [5.74, 6) is 3.66. The normalized spacial score (nSPS) is 11.8. The van der Waals surface area contributed by atoms with E-state index in [1.54, 1.807) is 6.26 Å². The van der Waals surface area contributed by atoms with Gasteiger partial charge in [-0.1, -0.05) is 25.9 Å². The van der Waals surface area contributed by atoms with Gasteiger partial charge in [0.2, 0.25) is 5.89 Å². The molecule has 0 aromatic carbocycles. The van der Waals surface area contributed by atoms with Crippen LogP contribution in [0.4, 0.5) is 6.01 Å². The maximum Gasteiger partial charge on any atom is 0.315 e. The molecule has 0 aliphatic rings. The highest BCUT2D eigenvalue weighted by molar-refractivity contribution is 7.98. The van der Waals surface area contributed by atoms with Crippen molar-refractivity contribution < 1.29 is 8.83 Å². The summed E-state index contributed by atoms with van der Waals surface area (Å²) in [6, 6.07) is 4.42. The molecule has 110 valence electrons. The van der Waals surface area contributed by atoms with Crippen LogP contribution in [0.15, 0.2) is 27.2 Å². The first-order valence-electron chi connectivity index (χ1n) is 6.74. The molecule has 0 unspecified atom stereocenters. The third-order valence-corrected chi connectivity index (χ3v) is 3.70. The predicted octanol–water partition coefficient (Wildman–Crippen LogP) is 3.70. The number of hydrogen-bond donors (Lipinski definition) is 1. The Morgan fingerprint density at radius 3 is 2.80 bits per heavy atom. The molecule has 2 rings (SSSR count). The molecule has 6 heteroatoms. The van der Waals surface area contributed by atoms with Gasteiger partial charge in [-0.15, -0.1) is 5.10 Å². The van der Waals surface area contributed by atoms with Crippen LogP contribution in [0.25, 0.3) is 0 Å². The molecule has 0 amide bonds. The van der Waals surface area contributed by atoms with Gasteiger partial charge < -0.3 is 14.2 Å². The lowest BCUT2D eigenvalue weighted by molar-refractivity contribution is 0.399. The number of aromatic nitrogens is 2. The zero-order valence-electron chi connectivity index (χ0n) is 12.2. The summed E-state index contributed by atoms with van der Waals surface area (Å²) in [6.45, 7) is 6.98. The summed E-state index contributed by atoms with van der Waals surface area (Å²) < 4.78 is 10.8. The number of anilines is 1. The first-order chi connectivity index (χ1) is 9.55. The van der Waals surface area contributed by atoms with Crippen molar-refractivity contribution in [1.29, 1.82) is 0 Å². The second kappa shape index (κ2) is 6.83. The molecule has 0 aliphatic carbocycles. The second-order valence-corrected chi connectivity index (χ2v) is 6.68. The predicted molar refractivity (Wildman–Crippen MR) is 81.0 cm³/mol. The molecule has 2 aromatic heterocycles. The monoisotopic (exact) mass is 295 g/mol. The number of hydrogen-bond acceptors (Lipinski definition) is 6. The number of thioether (sulfide) groups is 1. The third kappa shape index (κ3) is 4.59. The molecule has 2 aromatic rings. The summed E-state index contributed by atoms with van der Waals surface area (Å²) >= 11 is 1.86. The van der Waals surface area contributed by atoms with Crippen molar-refractivity contribution in [2.75, 3.05) is 17.6 Å². The van der Waals surface area contributed by atoms with Gasteiger partial charge in [-0.3, -0.25) is 0 Å². The Balaban J connectivity index is 1.60. The van der Waals surface area contributed by atoms with Gasteiger partial charge in [-0.2, -0.15) is 11.8 Å². The van der Waals surface area contributed by atoms with Gasteiger partial charge in [-0.25, -0.2) is 0 Å². The van der Waals surface area contributed by atoms with Gasteiger partial charge in [0, 0.05) is 12.0 Å². The van der Waals surface area contributed by atoms with E-state index in [0.717, 1.165) is 30.2 Å². The Morgan fingerprint density at radius 2 is 2.15 bits per heavy atom. The van der Waals surface area contributed by atoms with Gasteiger partial charge in [0.15, 0.2) is 0 Å². The molecule has 0 aliphatic heterocycles. The van der Waals surface area contributed by atoms with Crippen LogP contribution in [0.5, 0.6) is 0 Å². The van der Waals surface area contributed by atoms with Crippen molar-refractivity contribution in [3.05, 3.63) is 30.0 Å². The molecule has 1 N–H and O–H groups in total. The van der Waals surface area contributed by atoms with Crippen LogP contribution in [0.3, 0.4) is 0 Å². The first-order valence-corrected chi connectivity index (χ1v) is 7.89. The van der Waals surface area contributed by atoms with Crippen LogP contribution in [0, 0.1) is 0 Å². The van der Waals surface area contributed by atoms with E-state index in [1.165, 1.54) is 0 Å². The van der Waals surface area contributed by atoms with Crippen molar-refractivity contribution in [2.45, 2.75) is 38.4 Å². The first kappa shape index (κ1) is 15.0.